The second kappa shape index (κ2) is 5.61. The van der Waals surface area contributed by atoms with Crippen LogP contribution in [0.2, 0.25) is 0 Å². The molecule has 0 atom stereocenters. The summed E-state index contributed by atoms with van der Waals surface area (Å²) in [5.41, 5.74) is 7.77. The SMILES string of the molecule is COS(=O)(=O)O.Cc1sc2cc(N)ccc2[n+]1C. The van der Waals surface area contributed by atoms with Crippen LogP contribution in [-0.4, -0.2) is 20.1 Å². The summed E-state index contributed by atoms with van der Waals surface area (Å²) in [7, 11) is -1.22. The average Bonchev–Trinajstić information content (AvgIpc) is 2.54. The number of hydrogen-bond donors (Lipinski definition) is 2. The maximum Gasteiger partial charge on any atom is 0.397 e. The molecule has 8 heteroatoms. The van der Waals surface area contributed by atoms with Gasteiger partial charge in [0.25, 0.3) is 0 Å². The minimum Gasteiger partial charge on any atom is -0.399 e. The summed E-state index contributed by atoms with van der Waals surface area (Å²) in [4.78, 5) is 0. The molecule has 3 N–H and O–H groups in total. The summed E-state index contributed by atoms with van der Waals surface area (Å²) in [6, 6.07) is 6.02. The first kappa shape index (κ1) is 14.8. The number of anilines is 1. The van der Waals surface area contributed by atoms with E-state index in [0.717, 1.165) is 12.8 Å². The lowest BCUT2D eigenvalue weighted by molar-refractivity contribution is -0.646. The monoisotopic (exact) mass is 291 g/mol. The highest BCUT2D eigenvalue weighted by Gasteiger charge is 2.11. The van der Waals surface area contributed by atoms with Crippen molar-refractivity contribution in [2.75, 3.05) is 12.8 Å². The van der Waals surface area contributed by atoms with E-state index < -0.39 is 10.4 Å². The standard InChI is InChI=1S/C9H11N2S.CH4O4S/c1-6-11(2)8-4-3-7(10)5-9(8)12-6;1-5-6(2,3)4/h3-5H,10H2,1-2H3;1H3,(H,2,3,4)/q+1;. The third-order valence-electron chi connectivity index (χ3n) is 2.29. The van der Waals surface area contributed by atoms with Crippen molar-refractivity contribution >= 4 is 37.6 Å². The molecule has 0 unspecified atom stereocenters. The number of nitrogen functional groups attached to an aromatic ring is 1. The second-order valence-electron chi connectivity index (χ2n) is 3.50. The fraction of sp³-hybridized carbons (Fsp3) is 0.300. The molecule has 0 aliphatic rings. The maximum atomic E-state index is 9.33. The Balaban J connectivity index is 0.000000232. The number of fused-ring (bicyclic) bond motifs is 1. The summed E-state index contributed by atoms with van der Waals surface area (Å²) >= 11 is 1.78. The van der Waals surface area contributed by atoms with E-state index in [1.54, 1.807) is 11.3 Å². The molecule has 18 heavy (non-hydrogen) atoms. The first-order chi connectivity index (χ1) is 8.24. The summed E-state index contributed by atoms with van der Waals surface area (Å²) in [6.45, 7) is 2.11. The molecule has 2 rings (SSSR count). The van der Waals surface area contributed by atoms with E-state index >= 15 is 0 Å². The Morgan fingerprint density at radius 1 is 1.44 bits per heavy atom. The van der Waals surface area contributed by atoms with Crippen molar-refractivity contribution in [2.45, 2.75) is 6.92 Å². The van der Waals surface area contributed by atoms with Crippen LogP contribution in [-0.2, 0) is 21.6 Å². The van der Waals surface area contributed by atoms with Gasteiger partial charge in [0.15, 0.2) is 0 Å². The Kier molecular flexibility index (Phi) is 4.63. The van der Waals surface area contributed by atoms with Crippen molar-refractivity contribution in [1.82, 2.24) is 0 Å². The molecule has 0 fully saturated rings. The van der Waals surface area contributed by atoms with Crippen LogP contribution in [0.4, 0.5) is 5.69 Å². The van der Waals surface area contributed by atoms with Crippen LogP contribution in [0.1, 0.15) is 5.01 Å². The Morgan fingerprint density at radius 2 is 2.00 bits per heavy atom. The van der Waals surface area contributed by atoms with Crippen LogP contribution in [0, 0.1) is 6.92 Å². The van der Waals surface area contributed by atoms with Crippen molar-refractivity contribution in [1.29, 1.82) is 0 Å². The number of benzene rings is 1. The van der Waals surface area contributed by atoms with E-state index in [2.05, 4.69) is 28.8 Å². The fourth-order valence-electron chi connectivity index (χ4n) is 1.29. The molecule has 2 aromatic rings. The van der Waals surface area contributed by atoms with Gasteiger partial charge in [0.2, 0.25) is 10.5 Å². The number of hydrogen-bond acceptors (Lipinski definition) is 5. The molecule has 0 aliphatic carbocycles. The van der Waals surface area contributed by atoms with Crippen molar-refractivity contribution in [3.05, 3.63) is 23.2 Å². The van der Waals surface area contributed by atoms with E-state index in [1.807, 2.05) is 12.1 Å². The number of aromatic nitrogens is 1. The van der Waals surface area contributed by atoms with E-state index in [9.17, 15) is 8.42 Å². The summed E-state index contributed by atoms with van der Waals surface area (Å²) in [6.07, 6.45) is 0. The summed E-state index contributed by atoms with van der Waals surface area (Å²) in [5.74, 6) is 0. The highest BCUT2D eigenvalue weighted by molar-refractivity contribution is 7.80. The molecular weight excluding hydrogens is 276 g/mol. The Morgan fingerprint density at radius 3 is 2.50 bits per heavy atom. The molecular formula is C10H15N2O4S2+. The van der Waals surface area contributed by atoms with Crippen LogP contribution in [0.15, 0.2) is 18.2 Å². The Labute approximate surface area is 110 Å². The van der Waals surface area contributed by atoms with E-state index in [4.69, 9.17) is 10.3 Å². The van der Waals surface area contributed by atoms with Gasteiger partial charge in [0.05, 0.1) is 7.11 Å². The third kappa shape index (κ3) is 3.91. The number of nitrogens with zero attached hydrogens (tertiary/aromatic N) is 1. The van der Waals surface area contributed by atoms with Gasteiger partial charge in [-0.25, -0.2) is 0 Å². The van der Waals surface area contributed by atoms with Gasteiger partial charge in [-0.15, -0.1) is 0 Å². The lowest BCUT2D eigenvalue weighted by Crippen LogP contribution is -2.28. The molecule has 0 spiro atoms. The second-order valence-corrected chi connectivity index (χ2v) is 5.93. The Bertz CT molecular complexity index is 649. The van der Waals surface area contributed by atoms with Crippen molar-refractivity contribution in [2.24, 2.45) is 7.05 Å². The van der Waals surface area contributed by atoms with Crippen LogP contribution >= 0.6 is 11.3 Å². The first-order valence-electron chi connectivity index (χ1n) is 4.92. The molecule has 6 nitrogen and oxygen atoms in total. The van der Waals surface area contributed by atoms with Gasteiger partial charge in [0.1, 0.15) is 11.7 Å². The predicted molar refractivity (Wildman–Crippen MR) is 70.7 cm³/mol. The number of nitrogens with two attached hydrogens (primary N) is 1. The normalized spacial score (nSPS) is 11.1. The average molecular weight is 291 g/mol. The minimum absolute atomic E-state index is 0.837. The number of aryl methyl sites for hydroxylation is 2. The molecule has 0 amide bonds. The van der Waals surface area contributed by atoms with Gasteiger partial charge < -0.3 is 5.73 Å². The van der Waals surface area contributed by atoms with Gasteiger partial charge in [-0.05, 0) is 12.1 Å². The molecule has 0 aliphatic heterocycles. The van der Waals surface area contributed by atoms with E-state index in [1.165, 1.54) is 15.2 Å². The number of thiazole rings is 1. The molecule has 1 aromatic carbocycles. The fourth-order valence-corrected chi connectivity index (χ4v) is 2.34. The molecule has 0 radical (unpaired) electrons. The maximum absolute atomic E-state index is 9.33. The minimum atomic E-state index is -4.16. The predicted octanol–water partition coefficient (Wildman–Crippen LogP) is 1.05. The van der Waals surface area contributed by atoms with Gasteiger partial charge in [-0.3, -0.25) is 8.74 Å². The molecule has 0 saturated heterocycles. The summed E-state index contributed by atoms with van der Waals surface area (Å²) in [5, 5.41) is 1.30. The van der Waals surface area contributed by atoms with E-state index in [-0.39, 0.29) is 0 Å². The van der Waals surface area contributed by atoms with Gasteiger partial charge >= 0.3 is 10.4 Å². The first-order valence-corrected chi connectivity index (χ1v) is 7.10. The third-order valence-corrected chi connectivity index (χ3v) is 3.82. The lowest BCUT2D eigenvalue weighted by Gasteiger charge is -1.88. The van der Waals surface area contributed by atoms with Crippen molar-refractivity contribution < 1.29 is 21.7 Å². The topological polar surface area (TPSA) is 93.5 Å². The summed E-state index contributed by atoms with van der Waals surface area (Å²) < 4.78 is 33.1. The molecule has 100 valence electrons. The number of rotatable bonds is 1. The van der Waals surface area contributed by atoms with Crippen LogP contribution in [0.3, 0.4) is 0 Å². The largest absolute Gasteiger partial charge is 0.399 e. The highest BCUT2D eigenvalue weighted by atomic mass is 32.3. The van der Waals surface area contributed by atoms with Crippen molar-refractivity contribution in [3.8, 4) is 0 Å². The van der Waals surface area contributed by atoms with Crippen LogP contribution in [0.5, 0.6) is 0 Å². The van der Waals surface area contributed by atoms with Gasteiger partial charge in [0, 0.05) is 18.7 Å². The Hall–Kier alpha value is -1.22. The zero-order valence-corrected chi connectivity index (χ0v) is 11.9. The molecule has 0 bridgehead atoms. The zero-order chi connectivity index (χ0) is 13.9. The van der Waals surface area contributed by atoms with Gasteiger partial charge in [-0.1, -0.05) is 11.3 Å². The smallest absolute Gasteiger partial charge is 0.397 e. The van der Waals surface area contributed by atoms with Crippen LogP contribution in [0.25, 0.3) is 10.2 Å². The molecule has 1 heterocycles. The lowest BCUT2D eigenvalue weighted by atomic mass is 10.3. The highest BCUT2D eigenvalue weighted by Crippen LogP contribution is 2.21. The molecule has 0 saturated carbocycles. The van der Waals surface area contributed by atoms with Gasteiger partial charge in [-0.2, -0.15) is 13.0 Å². The zero-order valence-electron chi connectivity index (χ0n) is 10.2. The van der Waals surface area contributed by atoms with E-state index in [0.29, 0.717) is 0 Å². The molecule has 1 aromatic heterocycles. The quantitative estimate of drug-likeness (QED) is 0.465. The van der Waals surface area contributed by atoms with Crippen LogP contribution < -0.4 is 10.3 Å². The van der Waals surface area contributed by atoms with Crippen molar-refractivity contribution in [3.63, 3.8) is 0 Å².